The molecule has 1 atom stereocenters. The smallest absolute Gasteiger partial charge is 0.0951 e. The summed E-state index contributed by atoms with van der Waals surface area (Å²) in [4.78, 5) is 4.08. The Hall–Kier alpha value is -1.09. The normalized spacial score (nSPS) is 12.6. The summed E-state index contributed by atoms with van der Waals surface area (Å²) in [5.74, 6) is 0. The van der Waals surface area contributed by atoms with Gasteiger partial charge in [0.05, 0.1) is 12.0 Å². The Labute approximate surface area is 79.3 Å². The fourth-order valence-corrected chi connectivity index (χ4v) is 1.14. The van der Waals surface area contributed by atoms with Crippen LogP contribution in [0.15, 0.2) is 24.2 Å². The van der Waals surface area contributed by atoms with Gasteiger partial charge in [-0.05, 0) is 20.8 Å². The molecule has 0 amide bonds. The molecule has 0 saturated heterocycles. The lowest BCUT2D eigenvalue weighted by molar-refractivity contribution is 0.681. The number of imidazole rings is 1. The van der Waals surface area contributed by atoms with E-state index in [0.717, 1.165) is 12.2 Å². The Kier molecular flexibility index (Phi) is 3.25. The van der Waals surface area contributed by atoms with Gasteiger partial charge in [0.15, 0.2) is 0 Å². The summed E-state index contributed by atoms with van der Waals surface area (Å²) in [6.07, 6.45) is 5.80. The largest absolute Gasteiger partial charge is 0.329 e. The molecule has 0 aromatic carbocycles. The van der Waals surface area contributed by atoms with Crippen LogP contribution in [-0.2, 0) is 6.54 Å². The summed E-state index contributed by atoms with van der Waals surface area (Å²) in [5.41, 5.74) is 8.17. The van der Waals surface area contributed by atoms with Crippen LogP contribution < -0.4 is 5.73 Å². The maximum atomic E-state index is 5.78. The molecule has 0 aliphatic rings. The van der Waals surface area contributed by atoms with Crippen molar-refractivity contribution in [3.63, 3.8) is 0 Å². The zero-order chi connectivity index (χ0) is 9.84. The predicted molar refractivity (Wildman–Crippen MR) is 54.3 cm³/mol. The highest BCUT2D eigenvalue weighted by molar-refractivity contribution is 5.05. The predicted octanol–water partition coefficient (Wildman–Crippen LogP) is 1.87. The first kappa shape index (κ1) is 9.99. The van der Waals surface area contributed by atoms with E-state index in [4.69, 9.17) is 5.73 Å². The van der Waals surface area contributed by atoms with Crippen LogP contribution in [0.1, 0.15) is 32.5 Å². The summed E-state index contributed by atoms with van der Waals surface area (Å²) >= 11 is 0. The van der Waals surface area contributed by atoms with Crippen molar-refractivity contribution in [1.29, 1.82) is 0 Å². The first-order valence-corrected chi connectivity index (χ1v) is 4.50. The molecule has 13 heavy (non-hydrogen) atoms. The van der Waals surface area contributed by atoms with Crippen LogP contribution in [0.4, 0.5) is 0 Å². The molecule has 0 radical (unpaired) electrons. The molecule has 0 bridgehead atoms. The van der Waals surface area contributed by atoms with Gasteiger partial charge >= 0.3 is 0 Å². The molecule has 1 unspecified atom stereocenters. The first-order valence-electron chi connectivity index (χ1n) is 4.50. The standard InChI is InChI=1S/C10H17N3/c1-8(2)4-5-13-7-12-6-10(13)9(3)11/h4,6-7,9H,5,11H2,1-3H3. The van der Waals surface area contributed by atoms with Crippen molar-refractivity contribution in [3.05, 3.63) is 29.9 Å². The molecule has 72 valence electrons. The van der Waals surface area contributed by atoms with Crippen LogP contribution in [0, 0.1) is 0 Å². The number of hydrogen-bond donors (Lipinski definition) is 1. The van der Waals surface area contributed by atoms with E-state index in [9.17, 15) is 0 Å². The molecule has 3 nitrogen and oxygen atoms in total. The second-order valence-corrected chi connectivity index (χ2v) is 3.54. The molecule has 0 saturated carbocycles. The Morgan fingerprint density at radius 1 is 1.69 bits per heavy atom. The zero-order valence-electron chi connectivity index (χ0n) is 8.49. The van der Waals surface area contributed by atoms with E-state index in [0.29, 0.717) is 0 Å². The molecule has 0 fully saturated rings. The van der Waals surface area contributed by atoms with Gasteiger partial charge in [-0.25, -0.2) is 4.98 Å². The van der Waals surface area contributed by atoms with E-state index in [1.54, 1.807) is 0 Å². The van der Waals surface area contributed by atoms with Crippen LogP contribution in [0.5, 0.6) is 0 Å². The molecule has 1 aromatic rings. The highest BCUT2D eigenvalue weighted by atomic mass is 15.1. The molecule has 0 aliphatic carbocycles. The fourth-order valence-electron chi connectivity index (χ4n) is 1.14. The summed E-state index contributed by atoms with van der Waals surface area (Å²) in [6, 6.07) is 0.0491. The van der Waals surface area contributed by atoms with E-state index in [2.05, 4.69) is 29.5 Å². The summed E-state index contributed by atoms with van der Waals surface area (Å²) in [7, 11) is 0. The highest BCUT2D eigenvalue weighted by Gasteiger charge is 2.04. The second kappa shape index (κ2) is 4.23. The van der Waals surface area contributed by atoms with E-state index in [-0.39, 0.29) is 6.04 Å². The maximum absolute atomic E-state index is 5.78. The van der Waals surface area contributed by atoms with Crippen molar-refractivity contribution in [2.45, 2.75) is 33.4 Å². The van der Waals surface area contributed by atoms with Crippen molar-refractivity contribution in [1.82, 2.24) is 9.55 Å². The number of hydrogen-bond acceptors (Lipinski definition) is 2. The van der Waals surface area contributed by atoms with Crippen molar-refractivity contribution in [2.75, 3.05) is 0 Å². The minimum Gasteiger partial charge on any atom is -0.329 e. The highest BCUT2D eigenvalue weighted by Crippen LogP contribution is 2.08. The molecule has 0 spiro atoms. The lowest BCUT2D eigenvalue weighted by atomic mass is 10.2. The third-order valence-corrected chi connectivity index (χ3v) is 1.91. The Bertz CT molecular complexity index is 293. The van der Waals surface area contributed by atoms with E-state index >= 15 is 0 Å². The number of aromatic nitrogens is 2. The fraction of sp³-hybridized carbons (Fsp3) is 0.500. The third-order valence-electron chi connectivity index (χ3n) is 1.91. The minimum absolute atomic E-state index is 0.0491. The molecule has 3 heteroatoms. The summed E-state index contributed by atoms with van der Waals surface area (Å²) < 4.78 is 2.07. The first-order chi connectivity index (χ1) is 6.11. The van der Waals surface area contributed by atoms with Gasteiger partial charge in [0.2, 0.25) is 0 Å². The molecular formula is C10H17N3. The topological polar surface area (TPSA) is 43.8 Å². The van der Waals surface area contributed by atoms with Gasteiger partial charge in [-0.15, -0.1) is 0 Å². The number of nitrogens with two attached hydrogens (primary N) is 1. The molecule has 1 heterocycles. The van der Waals surface area contributed by atoms with Crippen molar-refractivity contribution < 1.29 is 0 Å². The lowest BCUT2D eigenvalue weighted by Crippen LogP contribution is -2.11. The number of nitrogens with zero attached hydrogens (tertiary/aromatic N) is 2. The second-order valence-electron chi connectivity index (χ2n) is 3.54. The molecular weight excluding hydrogens is 162 g/mol. The van der Waals surface area contributed by atoms with Crippen LogP contribution in [0.2, 0.25) is 0 Å². The van der Waals surface area contributed by atoms with E-state index in [1.807, 2.05) is 19.4 Å². The van der Waals surface area contributed by atoms with Gasteiger partial charge < -0.3 is 10.3 Å². The Morgan fingerprint density at radius 3 is 2.92 bits per heavy atom. The van der Waals surface area contributed by atoms with Crippen molar-refractivity contribution in [3.8, 4) is 0 Å². The van der Waals surface area contributed by atoms with Gasteiger partial charge in [-0.3, -0.25) is 0 Å². The van der Waals surface area contributed by atoms with Gasteiger partial charge in [-0.1, -0.05) is 11.6 Å². The van der Waals surface area contributed by atoms with Crippen LogP contribution in [0.3, 0.4) is 0 Å². The van der Waals surface area contributed by atoms with Crippen LogP contribution in [0.25, 0.3) is 0 Å². The Balaban J connectivity index is 2.77. The number of allylic oxidation sites excluding steroid dienone is 2. The molecule has 0 aliphatic heterocycles. The lowest BCUT2D eigenvalue weighted by Gasteiger charge is -2.08. The third kappa shape index (κ3) is 2.70. The van der Waals surface area contributed by atoms with Crippen LogP contribution >= 0.6 is 0 Å². The maximum Gasteiger partial charge on any atom is 0.0951 e. The van der Waals surface area contributed by atoms with E-state index < -0.39 is 0 Å². The number of rotatable bonds is 3. The average molecular weight is 179 g/mol. The van der Waals surface area contributed by atoms with E-state index in [1.165, 1.54) is 5.57 Å². The van der Waals surface area contributed by atoms with Gasteiger partial charge in [0, 0.05) is 18.8 Å². The summed E-state index contributed by atoms with van der Waals surface area (Å²) in [5, 5.41) is 0. The van der Waals surface area contributed by atoms with Gasteiger partial charge in [0.25, 0.3) is 0 Å². The quantitative estimate of drug-likeness (QED) is 0.720. The SMILES string of the molecule is CC(C)=CCn1cncc1C(C)N. The molecule has 1 aromatic heterocycles. The molecule has 1 rings (SSSR count). The summed E-state index contributed by atoms with van der Waals surface area (Å²) in [6.45, 7) is 7.00. The van der Waals surface area contributed by atoms with Crippen molar-refractivity contribution >= 4 is 0 Å². The zero-order valence-corrected chi connectivity index (χ0v) is 8.49. The van der Waals surface area contributed by atoms with Crippen LogP contribution in [-0.4, -0.2) is 9.55 Å². The van der Waals surface area contributed by atoms with Gasteiger partial charge in [0.1, 0.15) is 0 Å². The molecule has 2 N–H and O–H groups in total. The van der Waals surface area contributed by atoms with Gasteiger partial charge in [-0.2, -0.15) is 0 Å². The van der Waals surface area contributed by atoms with Crippen molar-refractivity contribution in [2.24, 2.45) is 5.73 Å². The Morgan fingerprint density at radius 2 is 2.38 bits per heavy atom. The minimum atomic E-state index is 0.0491. The average Bonchev–Trinajstić information content (AvgIpc) is 2.47. The monoisotopic (exact) mass is 179 g/mol.